The number of nitrogen functional groups attached to an aromatic ring is 1. The molecular formula is C21H33NO4. The van der Waals surface area contributed by atoms with Crippen LogP contribution < -0.4 is 5.73 Å². The standard InChI is InChI=1S/C21H33NO4/c22-20-18(11-12-19(24)21(20)25)15-5-9-17(10-6-15)26-13-1-2-14-3-7-16(23)8-4-14/h11-12,14-17,23-25H,1-10,13,22H2. The van der Waals surface area contributed by atoms with Crippen LogP contribution in [0, 0.1) is 5.92 Å². The molecule has 0 heterocycles. The van der Waals surface area contributed by atoms with Crippen molar-refractivity contribution in [1.82, 2.24) is 0 Å². The van der Waals surface area contributed by atoms with Crippen LogP contribution in [0.5, 0.6) is 11.5 Å². The van der Waals surface area contributed by atoms with Crippen molar-refractivity contribution in [3.05, 3.63) is 17.7 Å². The van der Waals surface area contributed by atoms with Gasteiger partial charge >= 0.3 is 0 Å². The number of anilines is 1. The molecule has 2 fully saturated rings. The monoisotopic (exact) mass is 363 g/mol. The number of rotatable bonds is 6. The molecule has 0 saturated heterocycles. The molecule has 5 N–H and O–H groups in total. The zero-order valence-corrected chi connectivity index (χ0v) is 15.6. The molecule has 146 valence electrons. The smallest absolute Gasteiger partial charge is 0.181 e. The quantitative estimate of drug-likeness (QED) is 0.347. The lowest BCUT2D eigenvalue weighted by Crippen LogP contribution is -2.22. The summed E-state index contributed by atoms with van der Waals surface area (Å²) in [6, 6.07) is 3.35. The van der Waals surface area contributed by atoms with Gasteiger partial charge in [-0.2, -0.15) is 0 Å². The number of phenols is 2. The lowest BCUT2D eigenvalue weighted by atomic mass is 9.82. The van der Waals surface area contributed by atoms with Gasteiger partial charge in [-0.05, 0) is 87.7 Å². The van der Waals surface area contributed by atoms with Crippen LogP contribution in [0.15, 0.2) is 12.1 Å². The van der Waals surface area contributed by atoms with E-state index in [-0.39, 0.29) is 17.6 Å². The molecule has 3 rings (SSSR count). The van der Waals surface area contributed by atoms with Gasteiger partial charge in [-0.15, -0.1) is 0 Å². The Morgan fingerprint density at radius 3 is 2.35 bits per heavy atom. The van der Waals surface area contributed by atoms with Crippen molar-refractivity contribution in [2.24, 2.45) is 5.92 Å². The van der Waals surface area contributed by atoms with Crippen molar-refractivity contribution >= 4 is 5.69 Å². The minimum absolute atomic E-state index is 0.0674. The summed E-state index contributed by atoms with van der Waals surface area (Å²) in [5, 5.41) is 28.9. The van der Waals surface area contributed by atoms with Gasteiger partial charge in [-0.25, -0.2) is 0 Å². The highest BCUT2D eigenvalue weighted by atomic mass is 16.5. The van der Waals surface area contributed by atoms with Crippen molar-refractivity contribution in [3.63, 3.8) is 0 Å². The fourth-order valence-corrected chi connectivity index (χ4v) is 4.56. The van der Waals surface area contributed by atoms with Gasteiger partial charge in [0, 0.05) is 6.61 Å². The molecule has 0 unspecified atom stereocenters. The number of phenolic OH excluding ortho intramolecular Hbond substituents is 2. The normalized spacial score (nSPS) is 29.6. The van der Waals surface area contributed by atoms with Crippen LogP contribution in [-0.2, 0) is 4.74 Å². The summed E-state index contributed by atoms with van der Waals surface area (Å²) < 4.78 is 6.08. The van der Waals surface area contributed by atoms with E-state index in [9.17, 15) is 15.3 Å². The molecule has 0 atom stereocenters. The zero-order chi connectivity index (χ0) is 18.5. The molecular weight excluding hydrogens is 330 g/mol. The fourth-order valence-electron chi connectivity index (χ4n) is 4.56. The van der Waals surface area contributed by atoms with Crippen LogP contribution in [0.2, 0.25) is 0 Å². The zero-order valence-electron chi connectivity index (χ0n) is 15.6. The molecule has 2 saturated carbocycles. The third-order valence-electron chi connectivity index (χ3n) is 6.27. The van der Waals surface area contributed by atoms with Crippen LogP contribution in [0.1, 0.15) is 75.7 Å². The number of ether oxygens (including phenoxy) is 1. The van der Waals surface area contributed by atoms with Crippen molar-refractivity contribution in [2.75, 3.05) is 12.3 Å². The molecule has 2 aliphatic carbocycles. The summed E-state index contributed by atoms with van der Waals surface area (Å²) in [5.74, 6) is 0.741. The van der Waals surface area contributed by atoms with Crippen LogP contribution in [0.25, 0.3) is 0 Å². The van der Waals surface area contributed by atoms with Crippen LogP contribution in [0.4, 0.5) is 5.69 Å². The highest BCUT2D eigenvalue weighted by Crippen LogP contribution is 2.42. The summed E-state index contributed by atoms with van der Waals surface area (Å²) in [7, 11) is 0. The first-order valence-corrected chi connectivity index (χ1v) is 10.1. The van der Waals surface area contributed by atoms with E-state index in [1.807, 2.05) is 6.07 Å². The van der Waals surface area contributed by atoms with Gasteiger partial charge in [0.05, 0.1) is 17.9 Å². The van der Waals surface area contributed by atoms with E-state index < -0.39 is 0 Å². The molecule has 0 spiro atoms. The van der Waals surface area contributed by atoms with E-state index >= 15 is 0 Å². The topological polar surface area (TPSA) is 95.9 Å². The third kappa shape index (κ3) is 4.83. The number of aliphatic hydroxyl groups is 1. The van der Waals surface area contributed by atoms with E-state index in [1.165, 1.54) is 12.5 Å². The number of aliphatic hydroxyl groups excluding tert-OH is 1. The molecule has 5 heteroatoms. The first kappa shape index (κ1) is 19.3. The average Bonchev–Trinajstić information content (AvgIpc) is 2.66. The van der Waals surface area contributed by atoms with Gasteiger partial charge < -0.3 is 25.8 Å². The molecule has 0 bridgehead atoms. The highest BCUT2D eigenvalue weighted by Gasteiger charge is 2.26. The molecule has 0 aromatic heterocycles. The van der Waals surface area contributed by atoms with E-state index in [1.54, 1.807) is 0 Å². The molecule has 0 aliphatic heterocycles. The molecule has 5 nitrogen and oxygen atoms in total. The number of hydrogen-bond donors (Lipinski definition) is 4. The Hall–Kier alpha value is -1.46. The summed E-state index contributed by atoms with van der Waals surface area (Å²) in [6.45, 7) is 0.830. The Bertz CT molecular complexity index is 576. The van der Waals surface area contributed by atoms with E-state index in [4.69, 9.17) is 10.5 Å². The minimum Gasteiger partial charge on any atom is -0.504 e. The molecule has 0 amide bonds. The Balaban J connectivity index is 1.36. The largest absolute Gasteiger partial charge is 0.504 e. The Kier molecular flexibility index (Phi) is 6.65. The van der Waals surface area contributed by atoms with E-state index in [0.717, 1.165) is 75.9 Å². The van der Waals surface area contributed by atoms with Crippen molar-refractivity contribution in [3.8, 4) is 11.5 Å². The number of nitrogens with two attached hydrogens (primary N) is 1. The van der Waals surface area contributed by atoms with Crippen LogP contribution in [-0.4, -0.2) is 34.1 Å². The van der Waals surface area contributed by atoms with Gasteiger partial charge in [0.1, 0.15) is 0 Å². The van der Waals surface area contributed by atoms with Gasteiger partial charge in [0.2, 0.25) is 0 Å². The van der Waals surface area contributed by atoms with E-state index in [2.05, 4.69) is 0 Å². The van der Waals surface area contributed by atoms with Crippen molar-refractivity contribution in [2.45, 2.75) is 82.3 Å². The van der Waals surface area contributed by atoms with Crippen LogP contribution in [0.3, 0.4) is 0 Å². The minimum atomic E-state index is -0.198. The second-order valence-electron chi connectivity index (χ2n) is 8.10. The lowest BCUT2D eigenvalue weighted by molar-refractivity contribution is 0.0196. The summed E-state index contributed by atoms with van der Waals surface area (Å²) in [5.41, 5.74) is 7.22. The van der Waals surface area contributed by atoms with Crippen molar-refractivity contribution < 1.29 is 20.1 Å². The number of hydrogen-bond acceptors (Lipinski definition) is 5. The Labute approximate surface area is 156 Å². The summed E-state index contributed by atoms with van der Waals surface area (Å²) >= 11 is 0. The molecule has 1 aromatic rings. The predicted octanol–water partition coefficient (Wildman–Crippen LogP) is 4.05. The van der Waals surface area contributed by atoms with Gasteiger partial charge in [-0.3, -0.25) is 0 Å². The second-order valence-corrected chi connectivity index (χ2v) is 8.10. The van der Waals surface area contributed by atoms with Crippen LogP contribution >= 0.6 is 0 Å². The maximum atomic E-state index is 9.82. The maximum absolute atomic E-state index is 9.82. The number of benzene rings is 1. The SMILES string of the molecule is Nc1c(C2CCC(OCCCC3CCC(O)CC3)CC2)ccc(O)c1O. The van der Waals surface area contributed by atoms with Crippen molar-refractivity contribution in [1.29, 1.82) is 0 Å². The van der Waals surface area contributed by atoms with Gasteiger partial charge in [0.15, 0.2) is 11.5 Å². The van der Waals surface area contributed by atoms with E-state index in [0.29, 0.717) is 17.7 Å². The third-order valence-corrected chi connectivity index (χ3v) is 6.27. The first-order valence-electron chi connectivity index (χ1n) is 10.1. The maximum Gasteiger partial charge on any atom is 0.181 e. The van der Waals surface area contributed by atoms with Gasteiger partial charge in [-0.1, -0.05) is 6.07 Å². The number of aromatic hydroxyl groups is 2. The molecule has 26 heavy (non-hydrogen) atoms. The second kappa shape index (κ2) is 8.96. The average molecular weight is 363 g/mol. The Morgan fingerprint density at radius 2 is 1.65 bits per heavy atom. The summed E-state index contributed by atoms with van der Waals surface area (Å²) in [6.07, 6.45) is 10.9. The highest BCUT2D eigenvalue weighted by molar-refractivity contribution is 5.64. The molecule has 0 radical (unpaired) electrons. The predicted molar refractivity (Wildman–Crippen MR) is 102 cm³/mol. The molecule has 2 aliphatic rings. The van der Waals surface area contributed by atoms with Gasteiger partial charge in [0.25, 0.3) is 0 Å². The Morgan fingerprint density at radius 1 is 0.962 bits per heavy atom. The lowest BCUT2D eigenvalue weighted by Gasteiger charge is -2.30. The summed E-state index contributed by atoms with van der Waals surface area (Å²) in [4.78, 5) is 0. The molecule has 1 aromatic carbocycles. The first-order chi connectivity index (χ1) is 12.5. The fraction of sp³-hybridized carbons (Fsp3) is 0.714.